The number of nitro groups is 1. The van der Waals surface area contributed by atoms with Crippen molar-refractivity contribution in [2.24, 2.45) is 7.05 Å². The van der Waals surface area contributed by atoms with E-state index in [0.29, 0.717) is 5.82 Å². The van der Waals surface area contributed by atoms with Gasteiger partial charge in [-0.1, -0.05) is 0 Å². The number of nitrogens with one attached hydrogen (secondary N) is 1. The Morgan fingerprint density at radius 3 is 2.86 bits per heavy atom. The van der Waals surface area contributed by atoms with E-state index in [2.05, 4.69) is 10.3 Å². The van der Waals surface area contributed by atoms with Crippen LogP contribution in [0.15, 0.2) is 0 Å². The lowest BCUT2D eigenvalue weighted by molar-refractivity contribution is -0.388. The summed E-state index contributed by atoms with van der Waals surface area (Å²) in [5.41, 5.74) is 0. The summed E-state index contributed by atoms with van der Waals surface area (Å²) < 4.78 is 13.4. The van der Waals surface area contributed by atoms with Gasteiger partial charge in [-0.15, -0.1) is 0 Å². The van der Waals surface area contributed by atoms with Crippen LogP contribution in [-0.4, -0.2) is 27.7 Å². The zero-order valence-electron chi connectivity index (χ0n) is 7.95. The van der Waals surface area contributed by atoms with Gasteiger partial charge >= 0.3 is 5.82 Å². The largest absolute Gasteiger partial charge is 0.406 e. The third-order valence-electron chi connectivity index (χ3n) is 1.86. The maximum Gasteiger partial charge on any atom is 0.406 e. The Kier molecular flexibility index (Phi) is 3.00. The van der Waals surface area contributed by atoms with Gasteiger partial charge in [0.2, 0.25) is 11.6 Å². The van der Waals surface area contributed by atoms with Gasteiger partial charge < -0.3 is 15.4 Å². The molecule has 0 amide bonds. The van der Waals surface area contributed by atoms with Gasteiger partial charge in [-0.25, -0.2) is 4.39 Å². The quantitative estimate of drug-likeness (QED) is 0.584. The van der Waals surface area contributed by atoms with Crippen LogP contribution in [0.3, 0.4) is 0 Å². The van der Waals surface area contributed by atoms with E-state index in [-0.39, 0.29) is 18.2 Å². The highest BCUT2D eigenvalue weighted by molar-refractivity contribution is 5.53. The fraction of sp³-hybridized carbons (Fsp3) is 0.571. The van der Waals surface area contributed by atoms with E-state index in [9.17, 15) is 14.5 Å². The fourth-order valence-electron chi connectivity index (χ4n) is 1.08. The number of hydrogen-bond donors (Lipinski definition) is 1. The van der Waals surface area contributed by atoms with E-state index in [1.807, 2.05) is 0 Å². The van der Waals surface area contributed by atoms with Crippen LogP contribution in [0.4, 0.5) is 16.0 Å². The molecule has 7 heteroatoms. The summed E-state index contributed by atoms with van der Waals surface area (Å²) in [5, 5.41) is 13.2. The van der Waals surface area contributed by atoms with E-state index < -0.39 is 11.6 Å². The lowest BCUT2D eigenvalue weighted by atomic mass is 10.6. The molecule has 1 N–H and O–H groups in total. The SMILES string of the molecule is Cc1nc([N+](=O)[O-])c(NCCF)n1C. The Balaban J connectivity index is 3.03. The van der Waals surface area contributed by atoms with Crippen molar-refractivity contribution in [3.63, 3.8) is 0 Å². The van der Waals surface area contributed by atoms with E-state index in [1.54, 1.807) is 14.0 Å². The zero-order chi connectivity index (χ0) is 10.7. The van der Waals surface area contributed by atoms with Gasteiger partial charge in [0.1, 0.15) is 6.67 Å². The highest BCUT2D eigenvalue weighted by Gasteiger charge is 2.22. The molecule has 0 radical (unpaired) electrons. The fourth-order valence-corrected chi connectivity index (χ4v) is 1.08. The van der Waals surface area contributed by atoms with Crippen molar-refractivity contribution in [2.75, 3.05) is 18.5 Å². The Hall–Kier alpha value is -1.66. The van der Waals surface area contributed by atoms with Crippen molar-refractivity contribution in [3.05, 3.63) is 15.9 Å². The molecule has 0 aliphatic heterocycles. The van der Waals surface area contributed by atoms with Crippen LogP contribution in [-0.2, 0) is 7.05 Å². The zero-order valence-corrected chi connectivity index (χ0v) is 7.95. The van der Waals surface area contributed by atoms with Gasteiger partial charge in [0.05, 0.1) is 0 Å². The molecule has 0 atom stereocenters. The summed E-state index contributed by atoms with van der Waals surface area (Å²) in [6, 6.07) is 0. The van der Waals surface area contributed by atoms with E-state index in [0.717, 1.165) is 0 Å². The van der Waals surface area contributed by atoms with Crippen molar-refractivity contribution in [1.82, 2.24) is 9.55 Å². The predicted octanol–water partition coefficient (Wildman–Crippen LogP) is 1.02. The monoisotopic (exact) mass is 202 g/mol. The minimum Gasteiger partial charge on any atom is -0.362 e. The summed E-state index contributed by atoms with van der Waals surface area (Å²) in [6.07, 6.45) is 0. The number of nitrogens with zero attached hydrogens (tertiary/aromatic N) is 3. The maximum absolute atomic E-state index is 11.9. The highest BCUT2D eigenvalue weighted by atomic mass is 19.1. The molecule has 0 fully saturated rings. The minimum absolute atomic E-state index is 0.0415. The molecule has 0 aromatic carbocycles. The lowest BCUT2D eigenvalue weighted by Crippen LogP contribution is -2.08. The summed E-state index contributed by atoms with van der Waals surface area (Å²) in [4.78, 5) is 13.7. The molecule has 14 heavy (non-hydrogen) atoms. The number of imidazole rings is 1. The minimum atomic E-state index is -0.590. The lowest BCUT2D eigenvalue weighted by Gasteiger charge is -2.03. The molecule has 1 aromatic rings. The molecule has 0 bridgehead atoms. The molecule has 1 rings (SSSR count). The normalized spacial score (nSPS) is 10.2. The Morgan fingerprint density at radius 2 is 2.36 bits per heavy atom. The number of alkyl halides is 1. The third kappa shape index (κ3) is 1.81. The van der Waals surface area contributed by atoms with Crippen LogP contribution in [0.25, 0.3) is 0 Å². The molecule has 6 nitrogen and oxygen atoms in total. The van der Waals surface area contributed by atoms with Crippen LogP contribution < -0.4 is 5.32 Å². The first-order valence-corrected chi connectivity index (χ1v) is 4.05. The number of anilines is 1. The van der Waals surface area contributed by atoms with Crippen LogP contribution in [0, 0.1) is 17.0 Å². The van der Waals surface area contributed by atoms with Gasteiger partial charge in [-0.2, -0.15) is 0 Å². The molecule has 0 spiro atoms. The Bertz CT molecular complexity index is 350. The van der Waals surface area contributed by atoms with E-state index in [4.69, 9.17) is 0 Å². The van der Waals surface area contributed by atoms with Gasteiger partial charge in [-0.05, 0) is 9.91 Å². The second kappa shape index (κ2) is 4.03. The Morgan fingerprint density at radius 1 is 1.71 bits per heavy atom. The summed E-state index contributed by atoms with van der Waals surface area (Å²) in [6.45, 7) is 1.11. The first kappa shape index (κ1) is 10.4. The first-order chi connectivity index (χ1) is 6.57. The van der Waals surface area contributed by atoms with Gasteiger partial charge in [0.25, 0.3) is 0 Å². The number of aromatic nitrogens is 2. The highest BCUT2D eigenvalue weighted by Crippen LogP contribution is 2.23. The average Bonchev–Trinajstić information content (AvgIpc) is 2.41. The number of hydrogen-bond acceptors (Lipinski definition) is 4. The first-order valence-electron chi connectivity index (χ1n) is 4.05. The standard InChI is InChI=1S/C7H11FN4O2/c1-5-10-7(12(13)14)6(11(5)2)9-4-3-8/h9H,3-4H2,1-2H3. The van der Waals surface area contributed by atoms with Crippen molar-refractivity contribution in [2.45, 2.75) is 6.92 Å². The number of halogens is 1. The van der Waals surface area contributed by atoms with Crippen molar-refractivity contribution >= 4 is 11.6 Å². The molecule has 1 aromatic heterocycles. The van der Waals surface area contributed by atoms with Crippen LogP contribution >= 0.6 is 0 Å². The summed E-state index contributed by atoms with van der Waals surface area (Å²) in [5.74, 6) is 0.488. The van der Waals surface area contributed by atoms with Crippen molar-refractivity contribution in [1.29, 1.82) is 0 Å². The van der Waals surface area contributed by atoms with Gasteiger partial charge in [-0.3, -0.25) is 4.57 Å². The molecule has 0 aliphatic rings. The molecule has 0 unspecified atom stereocenters. The summed E-state index contributed by atoms with van der Waals surface area (Å²) in [7, 11) is 1.63. The topological polar surface area (TPSA) is 73.0 Å². The molecule has 0 saturated carbocycles. The van der Waals surface area contributed by atoms with E-state index in [1.165, 1.54) is 4.57 Å². The van der Waals surface area contributed by atoms with Crippen LogP contribution in [0.2, 0.25) is 0 Å². The van der Waals surface area contributed by atoms with Gasteiger partial charge in [0, 0.05) is 20.5 Å². The molecular formula is C7H11FN4O2. The smallest absolute Gasteiger partial charge is 0.362 e. The van der Waals surface area contributed by atoms with Crippen molar-refractivity contribution in [3.8, 4) is 0 Å². The molecule has 0 saturated heterocycles. The second-order valence-corrected chi connectivity index (χ2v) is 2.76. The molecule has 1 heterocycles. The Labute approximate surface area is 79.9 Å². The van der Waals surface area contributed by atoms with Crippen molar-refractivity contribution < 1.29 is 9.31 Å². The molecule has 0 aliphatic carbocycles. The van der Waals surface area contributed by atoms with Crippen LogP contribution in [0.5, 0.6) is 0 Å². The predicted molar refractivity (Wildman–Crippen MR) is 49.1 cm³/mol. The second-order valence-electron chi connectivity index (χ2n) is 2.76. The molecule has 78 valence electrons. The average molecular weight is 202 g/mol. The third-order valence-corrected chi connectivity index (χ3v) is 1.86. The molecular weight excluding hydrogens is 191 g/mol. The maximum atomic E-state index is 11.9. The number of aryl methyl sites for hydroxylation is 1. The number of rotatable bonds is 4. The van der Waals surface area contributed by atoms with Crippen LogP contribution in [0.1, 0.15) is 5.82 Å². The van der Waals surface area contributed by atoms with E-state index >= 15 is 0 Å². The van der Waals surface area contributed by atoms with Gasteiger partial charge in [0.15, 0.2) is 0 Å². The summed E-state index contributed by atoms with van der Waals surface area (Å²) >= 11 is 0.